The lowest BCUT2D eigenvalue weighted by Gasteiger charge is -2.34. The summed E-state index contributed by atoms with van der Waals surface area (Å²) in [6.45, 7) is 2.28. The van der Waals surface area contributed by atoms with Crippen LogP contribution in [0.25, 0.3) is 0 Å². The van der Waals surface area contributed by atoms with Gasteiger partial charge in [0.2, 0.25) is 0 Å². The zero-order chi connectivity index (χ0) is 11.4. The maximum Gasteiger partial charge on any atom is 0.0586 e. The molecule has 16 heavy (non-hydrogen) atoms. The third-order valence-corrected chi connectivity index (χ3v) is 3.51. The molecule has 1 aromatic carbocycles. The van der Waals surface area contributed by atoms with E-state index in [0.29, 0.717) is 6.04 Å². The Labute approximate surface area is 102 Å². The van der Waals surface area contributed by atoms with Crippen LogP contribution in [0.5, 0.6) is 0 Å². The summed E-state index contributed by atoms with van der Waals surface area (Å²) in [6.07, 6.45) is 3.59. The van der Waals surface area contributed by atoms with E-state index in [-0.39, 0.29) is 6.61 Å². The number of hydrogen-bond acceptors (Lipinski definition) is 2. The average molecular weight is 240 g/mol. The molecule has 1 atom stereocenters. The lowest BCUT2D eigenvalue weighted by molar-refractivity contribution is 0.0841. The number of halogens is 1. The molecule has 0 saturated carbocycles. The predicted molar refractivity (Wildman–Crippen MR) is 66.6 cm³/mol. The van der Waals surface area contributed by atoms with Gasteiger partial charge in [-0.15, -0.1) is 0 Å². The van der Waals surface area contributed by atoms with Crippen LogP contribution in [-0.2, 0) is 6.54 Å². The first-order chi connectivity index (χ1) is 7.79. The molecule has 1 aliphatic heterocycles. The third kappa shape index (κ3) is 2.97. The molecule has 88 valence electrons. The van der Waals surface area contributed by atoms with Crippen LogP contribution >= 0.6 is 11.6 Å². The first-order valence-corrected chi connectivity index (χ1v) is 6.27. The van der Waals surface area contributed by atoms with Gasteiger partial charge < -0.3 is 5.11 Å². The van der Waals surface area contributed by atoms with Gasteiger partial charge in [-0.1, -0.05) is 30.2 Å². The van der Waals surface area contributed by atoms with Crippen molar-refractivity contribution in [2.24, 2.45) is 0 Å². The Morgan fingerprint density at radius 1 is 1.25 bits per heavy atom. The third-order valence-electron chi connectivity index (χ3n) is 3.26. The van der Waals surface area contributed by atoms with Crippen molar-refractivity contribution in [3.8, 4) is 0 Å². The summed E-state index contributed by atoms with van der Waals surface area (Å²) in [6, 6.07) is 8.31. The molecule has 0 bridgehead atoms. The fourth-order valence-electron chi connectivity index (χ4n) is 2.30. The fourth-order valence-corrected chi connectivity index (χ4v) is 2.43. The minimum absolute atomic E-state index is 0.271. The van der Waals surface area contributed by atoms with E-state index in [4.69, 9.17) is 11.6 Å². The molecule has 0 amide bonds. The largest absolute Gasteiger partial charge is 0.395 e. The van der Waals surface area contributed by atoms with Gasteiger partial charge in [-0.3, -0.25) is 4.90 Å². The summed E-state index contributed by atoms with van der Waals surface area (Å²) in [5.74, 6) is 0. The van der Waals surface area contributed by atoms with Gasteiger partial charge in [0.25, 0.3) is 0 Å². The van der Waals surface area contributed by atoms with E-state index in [2.05, 4.69) is 17.0 Å². The van der Waals surface area contributed by atoms with Crippen molar-refractivity contribution in [2.45, 2.75) is 31.8 Å². The second kappa shape index (κ2) is 5.67. The van der Waals surface area contributed by atoms with Crippen molar-refractivity contribution in [1.29, 1.82) is 0 Å². The molecule has 1 N–H and O–H groups in total. The average Bonchev–Trinajstić information content (AvgIpc) is 2.33. The van der Waals surface area contributed by atoms with Crippen LogP contribution in [0.4, 0.5) is 0 Å². The summed E-state index contributed by atoms with van der Waals surface area (Å²) < 4.78 is 0. The summed E-state index contributed by atoms with van der Waals surface area (Å²) in [7, 11) is 0. The predicted octanol–water partition coefficient (Wildman–Crippen LogP) is 2.69. The Kier molecular flexibility index (Phi) is 4.22. The Morgan fingerprint density at radius 3 is 2.69 bits per heavy atom. The van der Waals surface area contributed by atoms with Crippen LogP contribution in [0.15, 0.2) is 24.3 Å². The minimum atomic E-state index is 0.271. The van der Waals surface area contributed by atoms with Crippen molar-refractivity contribution in [1.82, 2.24) is 4.90 Å². The van der Waals surface area contributed by atoms with Crippen LogP contribution in [0, 0.1) is 0 Å². The Bertz CT molecular complexity index is 325. The lowest BCUT2D eigenvalue weighted by Crippen LogP contribution is -2.41. The van der Waals surface area contributed by atoms with Gasteiger partial charge in [-0.05, 0) is 37.1 Å². The van der Waals surface area contributed by atoms with Crippen LogP contribution in [0.1, 0.15) is 24.8 Å². The normalized spacial score (nSPS) is 22.2. The maximum atomic E-state index is 9.32. The van der Waals surface area contributed by atoms with E-state index < -0.39 is 0 Å². The van der Waals surface area contributed by atoms with Crippen molar-refractivity contribution in [2.75, 3.05) is 13.2 Å². The number of likely N-dealkylation sites (tertiary alicyclic amines) is 1. The minimum Gasteiger partial charge on any atom is -0.395 e. The van der Waals surface area contributed by atoms with E-state index in [9.17, 15) is 5.11 Å². The van der Waals surface area contributed by atoms with E-state index >= 15 is 0 Å². The lowest BCUT2D eigenvalue weighted by atomic mass is 10.0. The molecule has 0 unspecified atom stereocenters. The Hall–Kier alpha value is -0.570. The highest BCUT2D eigenvalue weighted by atomic mass is 35.5. The first kappa shape index (κ1) is 11.9. The van der Waals surface area contributed by atoms with Gasteiger partial charge in [-0.25, -0.2) is 0 Å². The second-order valence-corrected chi connectivity index (χ2v) is 4.87. The number of piperidine rings is 1. The SMILES string of the molecule is OC[C@@H]1CCCCN1Cc1ccc(Cl)cc1. The molecule has 1 saturated heterocycles. The van der Waals surface area contributed by atoms with Crippen molar-refractivity contribution < 1.29 is 5.11 Å². The summed E-state index contributed by atoms with van der Waals surface area (Å²) in [5.41, 5.74) is 1.27. The molecule has 1 fully saturated rings. The maximum absolute atomic E-state index is 9.32. The fraction of sp³-hybridized carbons (Fsp3) is 0.538. The molecule has 2 rings (SSSR count). The number of nitrogens with zero attached hydrogens (tertiary/aromatic N) is 1. The first-order valence-electron chi connectivity index (χ1n) is 5.89. The summed E-state index contributed by atoms with van der Waals surface area (Å²) in [4.78, 5) is 2.37. The van der Waals surface area contributed by atoms with E-state index in [0.717, 1.165) is 24.5 Å². The van der Waals surface area contributed by atoms with Crippen molar-refractivity contribution >= 4 is 11.6 Å². The van der Waals surface area contributed by atoms with E-state index in [1.54, 1.807) is 0 Å². The Balaban J connectivity index is 1.99. The smallest absolute Gasteiger partial charge is 0.0586 e. The highest BCUT2D eigenvalue weighted by Crippen LogP contribution is 2.20. The molecular formula is C13H18ClNO. The number of hydrogen-bond donors (Lipinski definition) is 1. The topological polar surface area (TPSA) is 23.5 Å². The highest BCUT2D eigenvalue weighted by molar-refractivity contribution is 6.30. The molecule has 0 aliphatic carbocycles. The summed E-state index contributed by atoms with van der Waals surface area (Å²) >= 11 is 5.86. The second-order valence-electron chi connectivity index (χ2n) is 4.43. The monoisotopic (exact) mass is 239 g/mol. The molecule has 2 nitrogen and oxygen atoms in total. The van der Waals surface area contributed by atoms with Crippen LogP contribution < -0.4 is 0 Å². The number of benzene rings is 1. The van der Waals surface area contributed by atoms with E-state index in [1.807, 2.05) is 12.1 Å². The zero-order valence-corrected chi connectivity index (χ0v) is 10.2. The van der Waals surface area contributed by atoms with Gasteiger partial charge >= 0.3 is 0 Å². The molecular weight excluding hydrogens is 222 g/mol. The molecule has 0 radical (unpaired) electrons. The molecule has 1 aromatic rings. The molecule has 1 heterocycles. The van der Waals surface area contributed by atoms with Gasteiger partial charge in [0.1, 0.15) is 0 Å². The molecule has 0 aromatic heterocycles. The number of aliphatic hydroxyl groups is 1. The highest BCUT2D eigenvalue weighted by Gasteiger charge is 2.21. The quantitative estimate of drug-likeness (QED) is 0.877. The van der Waals surface area contributed by atoms with Gasteiger partial charge in [-0.2, -0.15) is 0 Å². The van der Waals surface area contributed by atoms with E-state index in [1.165, 1.54) is 18.4 Å². The van der Waals surface area contributed by atoms with Crippen LogP contribution in [0.2, 0.25) is 5.02 Å². The standard InChI is InChI=1S/C13H18ClNO/c14-12-6-4-11(5-7-12)9-15-8-2-1-3-13(15)10-16/h4-7,13,16H,1-3,8-10H2/t13-/m0/s1. The molecule has 0 spiro atoms. The van der Waals surface area contributed by atoms with Crippen molar-refractivity contribution in [3.63, 3.8) is 0 Å². The summed E-state index contributed by atoms with van der Waals surface area (Å²) in [5, 5.41) is 10.1. The Morgan fingerprint density at radius 2 is 2.00 bits per heavy atom. The van der Waals surface area contributed by atoms with Crippen LogP contribution in [0.3, 0.4) is 0 Å². The van der Waals surface area contributed by atoms with Crippen molar-refractivity contribution in [3.05, 3.63) is 34.9 Å². The van der Waals surface area contributed by atoms with Gasteiger partial charge in [0.05, 0.1) is 6.61 Å². The van der Waals surface area contributed by atoms with Gasteiger partial charge in [0, 0.05) is 17.6 Å². The molecule has 3 heteroatoms. The van der Waals surface area contributed by atoms with Crippen LogP contribution in [-0.4, -0.2) is 29.2 Å². The number of aliphatic hydroxyl groups excluding tert-OH is 1. The zero-order valence-electron chi connectivity index (χ0n) is 9.40. The molecule has 1 aliphatic rings. The number of rotatable bonds is 3. The van der Waals surface area contributed by atoms with Gasteiger partial charge in [0.15, 0.2) is 0 Å².